The van der Waals surface area contributed by atoms with Crippen LogP contribution in [0.5, 0.6) is 0 Å². The van der Waals surface area contributed by atoms with E-state index in [1.807, 2.05) is 30.3 Å². The molecule has 112 valence electrons. The quantitative estimate of drug-likeness (QED) is 0.801. The van der Waals surface area contributed by atoms with Gasteiger partial charge < -0.3 is 14.4 Å². The molecule has 0 bridgehead atoms. The van der Waals surface area contributed by atoms with Crippen molar-refractivity contribution in [2.24, 2.45) is 11.3 Å². The van der Waals surface area contributed by atoms with E-state index in [1.165, 1.54) is 7.11 Å². The number of nitrogens with zero attached hydrogens (tertiary/aromatic N) is 1. The molecule has 1 amide bonds. The van der Waals surface area contributed by atoms with Crippen LogP contribution >= 0.6 is 0 Å². The van der Waals surface area contributed by atoms with E-state index in [0.717, 1.165) is 12.0 Å². The predicted molar refractivity (Wildman–Crippen MR) is 75.4 cm³/mol. The molecule has 0 N–H and O–H groups in total. The normalized spacial score (nSPS) is 26.7. The number of benzene rings is 1. The molecule has 1 saturated carbocycles. The molecule has 1 aliphatic carbocycles. The summed E-state index contributed by atoms with van der Waals surface area (Å²) in [6, 6.07) is 9.60. The van der Waals surface area contributed by atoms with Gasteiger partial charge in [-0.05, 0) is 24.3 Å². The van der Waals surface area contributed by atoms with E-state index in [1.54, 1.807) is 4.90 Å². The molecule has 5 heteroatoms. The molecule has 0 spiro atoms. The molecule has 0 aromatic heterocycles. The number of esters is 1. The number of methoxy groups -OCH3 is 1. The summed E-state index contributed by atoms with van der Waals surface area (Å²) in [5.74, 6) is 0.0905. The molecule has 21 heavy (non-hydrogen) atoms. The van der Waals surface area contributed by atoms with E-state index >= 15 is 0 Å². The number of carbonyl (C=O) groups excluding carboxylic acids is 2. The first kappa shape index (κ1) is 13.9. The van der Waals surface area contributed by atoms with Gasteiger partial charge in [0.2, 0.25) is 0 Å². The van der Waals surface area contributed by atoms with E-state index < -0.39 is 0 Å². The van der Waals surface area contributed by atoms with Crippen LogP contribution in [0.25, 0.3) is 0 Å². The maximum Gasteiger partial charge on any atom is 0.410 e. The maximum absolute atomic E-state index is 12.1. The molecule has 2 fully saturated rings. The zero-order chi connectivity index (χ0) is 14.9. The minimum Gasteiger partial charge on any atom is -0.469 e. The Bertz CT molecular complexity index is 544. The Balaban J connectivity index is 1.51. The number of hydrogen-bond donors (Lipinski definition) is 0. The van der Waals surface area contributed by atoms with Gasteiger partial charge in [0.1, 0.15) is 6.61 Å². The summed E-state index contributed by atoms with van der Waals surface area (Å²) >= 11 is 0. The minimum absolute atomic E-state index is 0.134. The van der Waals surface area contributed by atoms with Crippen LogP contribution in [-0.4, -0.2) is 37.2 Å². The fourth-order valence-electron chi connectivity index (χ4n) is 3.15. The Kier molecular flexibility index (Phi) is 3.57. The number of ether oxygens (including phenoxy) is 2. The minimum atomic E-state index is -0.328. The van der Waals surface area contributed by atoms with Gasteiger partial charge >= 0.3 is 12.1 Å². The summed E-state index contributed by atoms with van der Waals surface area (Å²) in [6.45, 7) is 1.42. The first-order valence-corrected chi connectivity index (χ1v) is 7.20. The first-order valence-electron chi connectivity index (χ1n) is 7.20. The summed E-state index contributed by atoms with van der Waals surface area (Å²) in [5, 5.41) is 0. The van der Waals surface area contributed by atoms with Crippen molar-refractivity contribution >= 4 is 12.1 Å². The molecule has 1 saturated heterocycles. The third-order valence-electron chi connectivity index (χ3n) is 4.56. The van der Waals surface area contributed by atoms with Crippen LogP contribution in [-0.2, 0) is 20.9 Å². The average Bonchev–Trinajstić information content (AvgIpc) is 3.27. The average molecular weight is 289 g/mol. The third-order valence-corrected chi connectivity index (χ3v) is 4.56. The Hall–Kier alpha value is -2.04. The van der Waals surface area contributed by atoms with Crippen molar-refractivity contribution in [2.45, 2.75) is 19.4 Å². The molecule has 1 heterocycles. The highest BCUT2D eigenvalue weighted by Gasteiger charge is 2.63. The molecule has 2 aliphatic rings. The van der Waals surface area contributed by atoms with E-state index in [-0.39, 0.29) is 30.0 Å². The molecule has 2 atom stereocenters. The molecular formula is C16H19NO4. The van der Waals surface area contributed by atoms with Gasteiger partial charge in [0.25, 0.3) is 0 Å². The lowest BCUT2D eigenvalue weighted by atomic mass is 9.95. The highest BCUT2D eigenvalue weighted by molar-refractivity contribution is 5.81. The van der Waals surface area contributed by atoms with Crippen LogP contribution in [0.2, 0.25) is 0 Å². The fraction of sp³-hybridized carbons (Fsp3) is 0.500. The Labute approximate surface area is 123 Å². The lowest BCUT2D eigenvalue weighted by Gasteiger charge is -2.29. The van der Waals surface area contributed by atoms with Gasteiger partial charge in [-0.25, -0.2) is 4.79 Å². The van der Waals surface area contributed by atoms with Crippen molar-refractivity contribution in [1.29, 1.82) is 0 Å². The second-order valence-corrected chi connectivity index (χ2v) is 5.78. The molecule has 2 unspecified atom stereocenters. The smallest absolute Gasteiger partial charge is 0.410 e. The topological polar surface area (TPSA) is 55.8 Å². The van der Waals surface area contributed by atoms with Crippen molar-refractivity contribution in [2.75, 3.05) is 20.2 Å². The molecule has 5 nitrogen and oxygen atoms in total. The Morgan fingerprint density at radius 1 is 1.33 bits per heavy atom. The number of fused-ring (bicyclic) bond motifs is 1. The monoisotopic (exact) mass is 289 g/mol. The van der Waals surface area contributed by atoms with Gasteiger partial charge in [-0.15, -0.1) is 0 Å². The van der Waals surface area contributed by atoms with Crippen molar-refractivity contribution < 1.29 is 19.1 Å². The SMILES string of the molecule is COC(=O)C12CCN(C(=O)OCc3ccccc3)CC1C2. The Morgan fingerprint density at radius 3 is 2.76 bits per heavy atom. The zero-order valence-electron chi connectivity index (χ0n) is 12.1. The Morgan fingerprint density at radius 2 is 2.10 bits per heavy atom. The van der Waals surface area contributed by atoms with Gasteiger partial charge in [-0.1, -0.05) is 30.3 Å². The number of rotatable bonds is 3. The zero-order valence-corrected chi connectivity index (χ0v) is 12.1. The van der Waals surface area contributed by atoms with E-state index in [2.05, 4.69) is 0 Å². The second-order valence-electron chi connectivity index (χ2n) is 5.78. The molecule has 0 radical (unpaired) electrons. The van der Waals surface area contributed by atoms with Crippen LogP contribution in [0.3, 0.4) is 0 Å². The highest BCUT2D eigenvalue weighted by atomic mass is 16.6. The van der Waals surface area contributed by atoms with E-state index in [0.29, 0.717) is 19.5 Å². The standard InChI is InChI=1S/C16H19NO4/c1-20-14(18)16-7-8-17(10-13(16)9-16)15(19)21-11-12-5-3-2-4-6-12/h2-6,13H,7-11H2,1H3. The maximum atomic E-state index is 12.1. The van der Waals surface area contributed by atoms with E-state index in [9.17, 15) is 9.59 Å². The van der Waals surface area contributed by atoms with Crippen LogP contribution in [0.15, 0.2) is 30.3 Å². The number of hydrogen-bond acceptors (Lipinski definition) is 4. The van der Waals surface area contributed by atoms with E-state index in [4.69, 9.17) is 9.47 Å². The van der Waals surface area contributed by atoms with Crippen LogP contribution < -0.4 is 0 Å². The summed E-state index contributed by atoms with van der Waals surface area (Å²) < 4.78 is 10.2. The molecular weight excluding hydrogens is 270 g/mol. The summed E-state index contributed by atoms with van der Waals surface area (Å²) in [5.41, 5.74) is 0.642. The van der Waals surface area contributed by atoms with Crippen LogP contribution in [0.1, 0.15) is 18.4 Å². The van der Waals surface area contributed by atoms with Gasteiger partial charge in [-0.3, -0.25) is 4.79 Å². The lowest BCUT2D eigenvalue weighted by Crippen LogP contribution is -2.41. The molecule has 3 rings (SSSR count). The third kappa shape index (κ3) is 2.60. The van der Waals surface area contributed by atoms with Gasteiger partial charge in [-0.2, -0.15) is 0 Å². The highest BCUT2D eigenvalue weighted by Crippen LogP contribution is 2.58. The predicted octanol–water partition coefficient (Wildman–Crippen LogP) is 2.21. The fourth-order valence-corrected chi connectivity index (χ4v) is 3.15. The number of piperidine rings is 1. The van der Waals surface area contributed by atoms with Crippen LogP contribution in [0.4, 0.5) is 4.79 Å². The summed E-state index contributed by atoms with van der Waals surface area (Å²) in [4.78, 5) is 25.5. The number of amides is 1. The summed E-state index contributed by atoms with van der Waals surface area (Å²) in [7, 11) is 1.42. The van der Waals surface area contributed by atoms with Gasteiger partial charge in [0.15, 0.2) is 0 Å². The van der Waals surface area contributed by atoms with Crippen molar-refractivity contribution in [3.05, 3.63) is 35.9 Å². The lowest BCUT2D eigenvalue weighted by molar-refractivity contribution is -0.149. The van der Waals surface area contributed by atoms with Crippen molar-refractivity contribution in [1.82, 2.24) is 4.90 Å². The largest absolute Gasteiger partial charge is 0.469 e. The number of carbonyl (C=O) groups is 2. The summed E-state index contributed by atoms with van der Waals surface area (Å²) in [6.07, 6.45) is 1.19. The second kappa shape index (κ2) is 5.39. The first-order chi connectivity index (χ1) is 10.2. The molecule has 1 aliphatic heterocycles. The van der Waals surface area contributed by atoms with Gasteiger partial charge in [0, 0.05) is 13.1 Å². The molecule has 1 aromatic rings. The van der Waals surface area contributed by atoms with Crippen molar-refractivity contribution in [3.63, 3.8) is 0 Å². The van der Waals surface area contributed by atoms with Crippen molar-refractivity contribution in [3.8, 4) is 0 Å². The van der Waals surface area contributed by atoms with Crippen LogP contribution in [0, 0.1) is 11.3 Å². The molecule has 1 aromatic carbocycles. The number of likely N-dealkylation sites (tertiary alicyclic amines) is 1. The van der Waals surface area contributed by atoms with Gasteiger partial charge in [0.05, 0.1) is 12.5 Å².